The maximum Gasteiger partial charge on any atom is 0.269 e. The van der Waals surface area contributed by atoms with Gasteiger partial charge in [0.2, 0.25) is 0 Å². The third-order valence-electron chi connectivity index (χ3n) is 2.48. The van der Waals surface area contributed by atoms with Crippen LogP contribution in [0.5, 0.6) is 0 Å². The lowest BCUT2D eigenvalue weighted by atomic mass is 10.0. The van der Waals surface area contributed by atoms with Crippen LogP contribution >= 0.6 is 0 Å². The zero-order valence-corrected chi connectivity index (χ0v) is 8.87. The fourth-order valence-electron chi connectivity index (χ4n) is 1.63. The van der Waals surface area contributed by atoms with Gasteiger partial charge >= 0.3 is 0 Å². The summed E-state index contributed by atoms with van der Waals surface area (Å²) in [6.45, 7) is 0. The Bertz CT molecular complexity index is 561. The molecule has 0 radical (unpaired) electrons. The van der Waals surface area contributed by atoms with Gasteiger partial charge in [-0.25, -0.2) is 0 Å². The van der Waals surface area contributed by atoms with Crippen molar-refractivity contribution < 1.29 is 9.72 Å². The van der Waals surface area contributed by atoms with E-state index in [1.807, 2.05) is 12.1 Å². The van der Waals surface area contributed by atoms with Crippen molar-refractivity contribution in [3.63, 3.8) is 0 Å². The second-order valence-electron chi connectivity index (χ2n) is 3.51. The van der Waals surface area contributed by atoms with Crippen LogP contribution in [0.1, 0.15) is 10.4 Å². The second kappa shape index (κ2) is 4.57. The molecule has 2 aromatic carbocycles. The van der Waals surface area contributed by atoms with Crippen LogP contribution in [-0.2, 0) is 0 Å². The molecular formula is C13H9NO3. The molecule has 4 heteroatoms. The Balaban J connectivity index is 2.46. The number of nitrogens with zero attached hydrogens (tertiary/aromatic N) is 1. The Morgan fingerprint density at radius 1 is 1.00 bits per heavy atom. The summed E-state index contributed by atoms with van der Waals surface area (Å²) in [4.78, 5) is 20.9. The molecule has 0 amide bonds. The molecule has 0 bridgehead atoms. The maximum atomic E-state index is 10.9. The molecule has 0 saturated heterocycles. The quantitative estimate of drug-likeness (QED) is 0.460. The molecule has 0 aliphatic heterocycles. The maximum absolute atomic E-state index is 10.9. The Morgan fingerprint density at radius 2 is 1.65 bits per heavy atom. The van der Waals surface area contributed by atoms with Gasteiger partial charge in [0, 0.05) is 17.7 Å². The van der Waals surface area contributed by atoms with Gasteiger partial charge in [-0.3, -0.25) is 14.9 Å². The van der Waals surface area contributed by atoms with Gasteiger partial charge in [-0.2, -0.15) is 0 Å². The van der Waals surface area contributed by atoms with Crippen LogP contribution in [0, 0.1) is 10.1 Å². The summed E-state index contributed by atoms with van der Waals surface area (Å²) < 4.78 is 0. The average Bonchev–Trinajstić information content (AvgIpc) is 2.39. The van der Waals surface area contributed by atoms with E-state index in [2.05, 4.69) is 0 Å². The van der Waals surface area contributed by atoms with Crippen molar-refractivity contribution in [3.05, 3.63) is 64.2 Å². The van der Waals surface area contributed by atoms with Gasteiger partial charge in [0.25, 0.3) is 5.69 Å². The minimum atomic E-state index is -0.449. The molecule has 0 aliphatic carbocycles. The Labute approximate surface area is 97.7 Å². The van der Waals surface area contributed by atoms with Crippen LogP contribution in [0.3, 0.4) is 0 Å². The van der Waals surface area contributed by atoms with Crippen LogP contribution in [0.25, 0.3) is 11.1 Å². The number of nitro benzene ring substituents is 1. The van der Waals surface area contributed by atoms with E-state index in [1.165, 1.54) is 12.1 Å². The Morgan fingerprint density at radius 3 is 2.24 bits per heavy atom. The molecule has 0 atom stereocenters. The number of nitro groups is 1. The molecule has 0 aliphatic rings. The van der Waals surface area contributed by atoms with Crippen LogP contribution in [0.2, 0.25) is 0 Å². The standard InChI is InChI=1S/C13H9NO3/c15-9-11-3-1-2-4-13(11)10-5-7-12(8-6-10)14(16)17/h1-9H. The minimum Gasteiger partial charge on any atom is -0.298 e. The summed E-state index contributed by atoms with van der Waals surface area (Å²) >= 11 is 0. The second-order valence-corrected chi connectivity index (χ2v) is 3.51. The first kappa shape index (κ1) is 11.0. The normalized spacial score (nSPS) is 9.88. The molecule has 0 heterocycles. The summed E-state index contributed by atoms with van der Waals surface area (Å²) in [6, 6.07) is 13.3. The number of hydrogen-bond acceptors (Lipinski definition) is 3. The highest BCUT2D eigenvalue weighted by Crippen LogP contribution is 2.24. The van der Waals surface area contributed by atoms with Crippen molar-refractivity contribution >= 4 is 12.0 Å². The van der Waals surface area contributed by atoms with Gasteiger partial charge in [-0.05, 0) is 23.3 Å². The van der Waals surface area contributed by atoms with Crippen molar-refractivity contribution in [1.29, 1.82) is 0 Å². The zero-order chi connectivity index (χ0) is 12.3. The number of hydrogen-bond donors (Lipinski definition) is 0. The minimum absolute atomic E-state index is 0.0392. The Kier molecular flexibility index (Phi) is 2.96. The molecule has 0 spiro atoms. The third-order valence-corrected chi connectivity index (χ3v) is 2.48. The monoisotopic (exact) mass is 227 g/mol. The van der Waals surface area contributed by atoms with Gasteiger partial charge in [0.05, 0.1) is 4.92 Å². The van der Waals surface area contributed by atoms with Crippen molar-refractivity contribution in [1.82, 2.24) is 0 Å². The highest BCUT2D eigenvalue weighted by molar-refractivity contribution is 5.87. The molecule has 4 nitrogen and oxygen atoms in total. The first-order valence-electron chi connectivity index (χ1n) is 5.01. The summed E-state index contributed by atoms with van der Waals surface area (Å²) in [6.07, 6.45) is 0.775. The van der Waals surface area contributed by atoms with Crippen molar-refractivity contribution in [2.24, 2.45) is 0 Å². The van der Waals surface area contributed by atoms with E-state index in [4.69, 9.17) is 0 Å². The highest BCUT2D eigenvalue weighted by Gasteiger charge is 2.07. The number of benzene rings is 2. The summed E-state index contributed by atoms with van der Waals surface area (Å²) in [5.74, 6) is 0. The molecule has 0 saturated carbocycles. The van der Waals surface area contributed by atoms with E-state index in [9.17, 15) is 14.9 Å². The smallest absolute Gasteiger partial charge is 0.269 e. The molecule has 2 aromatic rings. The van der Waals surface area contributed by atoms with E-state index in [0.29, 0.717) is 5.56 Å². The molecule has 0 fully saturated rings. The Hall–Kier alpha value is -2.49. The topological polar surface area (TPSA) is 60.2 Å². The average molecular weight is 227 g/mol. The first-order chi connectivity index (χ1) is 8.22. The van der Waals surface area contributed by atoms with Crippen LogP contribution in [0.4, 0.5) is 5.69 Å². The first-order valence-corrected chi connectivity index (χ1v) is 5.01. The lowest BCUT2D eigenvalue weighted by Crippen LogP contribution is -1.89. The van der Waals surface area contributed by atoms with Crippen LogP contribution < -0.4 is 0 Å². The summed E-state index contributed by atoms with van der Waals surface area (Å²) in [5, 5.41) is 10.5. The lowest BCUT2D eigenvalue weighted by molar-refractivity contribution is -0.384. The third kappa shape index (κ3) is 2.20. The number of aldehydes is 1. The molecule has 2 rings (SSSR count). The van der Waals surface area contributed by atoms with Crippen LogP contribution in [0.15, 0.2) is 48.5 Å². The number of non-ortho nitro benzene ring substituents is 1. The van der Waals surface area contributed by atoms with Crippen molar-refractivity contribution in [3.8, 4) is 11.1 Å². The summed E-state index contributed by atoms with van der Waals surface area (Å²) in [5.41, 5.74) is 2.18. The zero-order valence-electron chi connectivity index (χ0n) is 8.87. The van der Waals surface area contributed by atoms with E-state index < -0.39 is 4.92 Å². The molecular weight excluding hydrogens is 218 g/mol. The lowest BCUT2D eigenvalue weighted by Gasteiger charge is -2.03. The number of carbonyl (C=O) groups excluding carboxylic acids is 1. The molecule has 0 aromatic heterocycles. The van der Waals surface area contributed by atoms with E-state index in [1.54, 1.807) is 24.3 Å². The van der Waals surface area contributed by atoms with Gasteiger partial charge in [-0.1, -0.05) is 24.3 Å². The van der Waals surface area contributed by atoms with E-state index in [-0.39, 0.29) is 5.69 Å². The van der Waals surface area contributed by atoms with Crippen molar-refractivity contribution in [2.45, 2.75) is 0 Å². The molecule has 17 heavy (non-hydrogen) atoms. The van der Waals surface area contributed by atoms with Gasteiger partial charge in [-0.15, -0.1) is 0 Å². The summed E-state index contributed by atoms with van der Waals surface area (Å²) in [7, 11) is 0. The number of carbonyl (C=O) groups is 1. The SMILES string of the molecule is O=Cc1ccccc1-c1ccc([N+](=O)[O-])cc1. The molecule has 0 N–H and O–H groups in total. The van der Waals surface area contributed by atoms with Gasteiger partial charge < -0.3 is 0 Å². The van der Waals surface area contributed by atoms with Crippen LogP contribution in [-0.4, -0.2) is 11.2 Å². The fourth-order valence-corrected chi connectivity index (χ4v) is 1.63. The largest absolute Gasteiger partial charge is 0.298 e. The highest BCUT2D eigenvalue weighted by atomic mass is 16.6. The predicted octanol–water partition coefficient (Wildman–Crippen LogP) is 3.07. The van der Waals surface area contributed by atoms with Gasteiger partial charge in [0.1, 0.15) is 0 Å². The van der Waals surface area contributed by atoms with Gasteiger partial charge in [0.15, 0.2) is 6.29 Å². The molecule has 84 valence electrons. The molecule has 0 unspecified atom stereocenters. The van der Waals surface area contributed by atoms with E-state index >= 15 is 0 Å². The number of rotatable bonds is 3. The van der Waals surface area contributed by atoms with E-state index in [0.717, 1.165) is 17.4 Å². The fraction of sp³-hybridized carbons (Fsp3) is 0. The predicted molar refractivity (Wildman–Crippen MR) is 63.9 cm³/mol. The van der Waals surface area contributed by atoms with Crippen molar-refractivity contribution in [2.75, 3.05) is 0 Å².